The van der Waals surface area contributed by atoms with Crippen LogP contribution in [0.25, 0.3) is 0 Å². The van der Waals surface area contributed by atoms with Crippen molar-refractivity contribution in [3.63, 3.8) is 0 Å². The summed E-state index contributed by atoms with van der Waals surface area (Å²) in [5, 5.41) is 3.47. The molecule has 1 heterocycles. The molecule has 0 unspecified atom stereocenters. The minimum absolute atomic E-state index is 0.763. The largest absolute Gasteiger partial charge is 0.497 e. The predicted molar refractivity (Wildman–Crippen MR) is 82.0 cm³/mol. The van der Waals surface area contributed by atoms with Crippen molar-refractivity contribution in [1.82, 2.24) is 10.2 Å². The Labute approximate surface area is 122 Å². The van der Waals surface area contributed by atoms with Crippen molar-refractivity contribution >= 4 is 0 Å². The molecule has 1 aromatic carbocycles. The first-order chi connectivity index (χ1) is 9.85. The van der Waals surface area contributed by atoms with Gasteiger partial charge in [0.15, 0.2) is 0 Å². The highest BCUT2D eigenvalue weighted by atomic mass is 16.5. The summed E-state index contributed by atoms with van der Waals surface area (Å²) in [5.41, 5.74) is 1.41. The van der Waals surface area contributed by atoms with E-state index in [1.807, 2.05) is 0 Å². The quantitative estimate of drug-likeness (QED) is 0.863. The summed E-state index contributed by atoms with van der Waals surface area (Å²) in [6.45, 7) is 4.73. The Morgan fingerprint density at radius 1 is 1.10 bits per heavy atom. The van der Waals surface area contributed by atoms with Crippen LogP contribution in [0.4, 0.5) is 0 Å². The molecule has 0 atom stereocenters. The first-order valence-electron chi connectivity index (χ1n) is 7.93. The standard InChI is InChI=1S/C17H26N2O/c1-20-17-6-4-15(5-7-17)13-19(12-14-2-3-14)16-8-10-18-11-9-16/h4-7,14,16,18H,2-3,8-13H2,1H3. The summed E-state index contributed by atoms with van der Waals surface area (Å²) in [5.74, 6) is 1.91. The van der Waals surface area contributed by atoms with E-state index in [-0.39, 0.29) is 0 Å². The van der Waals surface area contributed by atoms with Crippen LogP contribution < -0.4 is 10.1 Å². The second kappa shape index (κ2) is 6.59. The second-order valence-corrected chi connectivity index (χ2v) is 6.20. The zero-order valence-electron chi connectivity index (χ0n) is 12.5. The van der Waals surface area contributed by atoms with Crippen molar-refractivity contribution in [2.75, 3.05) is 26.7 Å². The summed E-state index contributed by atoms with van der Waals surface area (Å²) >= 11 is 0. The molecule has 2 aliphatic rings. The Bertz CT molecular complexity index is 408. The predicted octanol–water partition coefficient (Wildman–Crippen LogP) is 2.66. The van der Waals surface area contributed by atoms with Gasteiger partial charge in [0.2, 0.25) is 0 Å². The van der Waals surface area contributed by atoms with Crippen molar-refractivity contribution < 1.29 is 4.74 Å². The highest BCUT2D eigenvalue weighted by molar-refractivity contribution is 5.27. The van der Waals surface area contributed by atoms with Crippen LogP contribution in [0.5, 0.6) is 5.75 Å². The summed E-state index contributed by atoms with van der Waals surface area (Å²) in [7, 11) is 1.73. The number of hydrogen-bond acceptors (Lipinski definition) is 3. The van der Waals surface area contributed by atoms with Gasteiger partial charge in [-0.25, -0.2) is 0 Å². The molecular formula is C17H26N2O. The van der Waals surface area contributed by atoms with Crippen LogP contribution in [0.3, 0.4) is 0 Å². The maximum atomic E-state index is 5.24. The van der Waals surface area contributed by atoms with Crippen LogP contribution in [0.2, 0.25) is 0 Å². The number of piperidine rings is 1. The SMILES string of the molecule is COc1ccc(CN(CC2CC2)C2CCNCC2)cc1. The van der Waals surface area contributed by atoms with Gasteiger partial charge < -0.3 is 10.1 Å². The van der Waals surface area contributed by atoms with E-state index in [0.717, 1.165) is 24.3 Å². The first-order valence-corrected chi connectivity index (χ1v) is 7.93. The minimum atomic E-state index is 0.763. The molecule has 0 spiro atoms. The molecule has 1 aromatic rings. The van der Waals surface area contributed by atoms with Crippen LogP contribution in [-0.2, 0) is 6.54 Å². The molecule has 20 heavy (non-hydrogen) atoms. The average Bonchev–Trinajstić information content (AvgIpc) is 3.32. The van der Waals surface area contributed by atoms with Crippen LogP contribution in [0.15, 0.2) is 24.3 Å². The van der Waals surface area contributed by atoms with Crippen LogP contribution in [0, 0.1) is 5.92 Å². The Hall–Kier alpha value is -1.06. The van der Waals surface area contributed by atoms with Crippen LogP contribution in [-0.4, -0.2) is 37.7 Å². The molecule has 3 heteroatoms. The van der Waals surface area contributed by atoms with Crippen LogP contribution >= 0.6 is 0 Å². The van der Waals surface area contributed by atoms with Gasteiger partial charge in [0.1, 0.15) is 5.75 Å². The maximum Gasteiger partial charge on any atom is 0.118 e. The second-order valence-electron chi connectivity index (χ2n) is 6.20. The minimum Gasteiger partial charge on any atom is -0.497 e. The van der Waals surface area contributed by atoms with E-state index in [4.69, 9.17) is 4.74 Å². The molecule has 110 valence electrons. The monoisotopic (exact) mass is 274 g/mol. The van der Waals surface area contributed by atoms with E-state index >= 15 is 0 Å². The molecule has 1 aliphatic heterocycles. The van der Waals surface area contributed by atoms with E-state index in [9.17, 15) is 0 Å². The fourth-order valence-corrected chi connectivity index (χ4v) is 3.11. The van der Waals surface area contributed by atoms with Gasteiger partial charge in [0.05, 0.1) is 7.11 Å². The average molecular weight is 274 g/mol. The lowest BCUT2D eigenvalue weighted by atomic mass is 10.0. The van der Waals surface area contributed by atoms with Gasteiger partial charge in [-0.05, 0) is 62.4 Å². The topological polar surface area (TPSA) is 24.5 Å². The van der Waals surface area contributed by atoms with Gasteiger partial charge in [-0.15, -0.1) is 0 Å². The number of nitrogens with zero attached hydrogens (tertiary/aromatic N) is 1. The fourth-order valence-electron chi connectivity index (χ4n) is 3.11. The molecule has 0 aromatic heterocycles. The lowest BCUT2D eigenvalue weighted by Gasteiger charge is -2.35. The smallest absolute Gasteiger partial charge is 0.118 e. The number of benzene rings is 1. The summed E-state index contributed by atoms with van der Waals surface area (Å²) in [6, 6.07) is 9.33. The van der Waals surface area contributed by atoms with E-state index < -0.39 is 0 Å². The van der Waals surface area contributed by atoms with Gasteiger partial charge in [0.25, 0.3) is 0 Å². The number of ether oxygens (including phenoxy) is 1. The van der Waals surface area contributed by atoms with Gasteiger partial charge in [-0.3, -0.25) is 4.90 Å². The van der Waals surface area contributed by atoms with E-state index in [2.05, 4.69) is 34.5 Å². The van der Waals surface area contributed by atoms with Crippen molar-refractivity contribution in [2.24, 2.45) is 5.92 Å². The van der Waals surface area contributed by atoms with Crippen molar-refractivity contribution in [2.45, 2.75) is 38.3 Å². The van der Waals surface area contributed by atoms with Gasteiger partial charge in [0, 0.05) is 19.1 Å². The molecule has 1 N–H and O–H groups in total. The number of nitrogens with one attached hydrogen (secondary N) is 1. The molecule has 3 rings (SSSR count). The van der Waals surface area contributed by atoms with Crippen molar-refractivity contribution in [3.8, 4) is 5.75 Å². The Morgan fingerprint density at radius 2 is 1.80 bits per heavy atom. The molecule has 1 aliphatic carbocycles. The Morgan fingerprint density at radius 3 is 2.40 bits per heavy atom. The van der Waals surface area contributed by atoms with E-state index in [1.165, 1.54) is 50.9 Å². The third-order valence-electron chi connectivity index (χ3n) is 4.56. The van der Waals surface area contributed by atoms with Crippen molar-refractivity contribution in [1.29, 1.82) is 0 Å². The number of rotatable bonds is 6. The lowest BCUT2D eigenvalue weighted by molar-refractivity contribution is 0.147. The molecule has 0 bridgehead atoms. The third-order valence-corrected chi connectivity index (χ3v) is 4.56. The zero-order valence-corrected chi connectivity index (χ0v) is 12.5. The Kier molecular flexibility index (Phi) is 4.58. The van der Waals surface area contributed by atoms with E-state index in [0.29, 0.717) is 0 Å². The third kappa shape index (κ3) is 3.74. The molecule has 2 fully saturated rings. The van der Waals surface area contributed by atoms with Gasteiger partial charge in [-0.1, -0.05) is 12.1 Å². The highest BCUT2D eigenvalue weighted by Crippen LogP contribution is 2.32. The summed E-state index contributed by atoms with van der Waals surface area (Å²) < 4.78 is 5.24. The molecule has 1 saturated heterocycles. The molecule has 3 nitrogen and oxygen atoms in total. The van der Waals surface area contributed by atoms with Crippen molar-refractivity contribution in [3.05, 3.63) is 29.8 Å². The zero-order chi connectivity index (χ0) is 13.8. The number of methoxy groups -OCH3 is 1. The lowest BCUT2D eigenvalue weighted by Crippen LogP contribution is -2.43. The van der Waals surface area contributed by atoms with Crippen LogP contribution in [0.1, 0.15) is 31.2 Å². The van der Waals surface area contributed by atoms with Gasteiger partial charge in [-0.2, -0.15) is 0 Å². The molecule has 1 saturated carbocycles. The Balaban J connectivity index is 1.64. The van der Waals surface area contributed by atoms with E-state index in [1.54, 1.807) is 7.11 Å². The maximum absolute atomic E-state index is 5.24. The highest BCUT2D eigenvalue weighted by Gasteiger charge is 2.28. The normalized spacial score (nSPS) is 20.3. The summed E-state index contributed by atoms with van der Waals surface area (Å²) in [6.07, 6.45) is 5.46. The summed E-state index contributed by atoms with van der Waals surface area (Å²) in [4.78, 5) is 2.72. The molecular weight excluding hydrogens is 248 g/mol. The van der Waals surface area contributed by atoms with Gasteiger partial charge >= 0.3 is 0 Å². The fraction of sp³-hybridized carbons (Fsp3) is 0.647. The first kappa shape index (κ1) is 13.9. The molecule has 0 radical (unpaired) electrons. The molecule has 0 amide bonds. The number of hydrogen-bond donors (Lipinski definition) is 1.